The molecule has 0 unspecified atom stereocenters. The van der Waals surface area contributed by atoms with Crippen molar-refractivity contribution in [3.05, 3.63) is 53.1 Å². The van der Waals surface area contributed by atoms with Gasteiger partial charge in [0.15, 0.2) is 0 Å². The van der Waals surface area contributed by atoms with E-state index in [-0.39, 0.29) is 10.8 Å². The highest BCUT2D eigenvalue weighted by atomic mass is 35.5. The van der Waals surface area contributed by atoms with Gasteiger partial charge < -0.3 is 10.1 Å². The van der Waals surface area contributed by atoms with Crippen LogP contribution in [0.1, 0.15) is 18.4 Å². The third-order valence-corrected chi connectivity index (χ3v) is 6.71. The van der Waals surface area contributed by atoms with Crippen LogP contribution in [-0.4, -0.2) is 38.3 Å². The molecular formula is C19H21ClN2O4S. The summed E-state index contributed by atoms with van der Waals surface area (Å²) in [7, 11) is -2.26. The van der Waals surface area contributed by atoms with Gasteiger partial charge in [-0.1, -0.05) is 17.7 Å². The summed E-state index contributed by atoms with van der Waals surface area (Å²) in [5, 5.41) is 3.27. The third-order valence-electron chi connectivity index (χ3n) is 4.54. The summed E-state index contributed by atoms with van der Waals surface area (Å²) in [6, 6.07) is 10.6. The van der Waals surface area contributed by atoms with Crippen LogP contribution in [0.4, 0.5) is 5.69 Å². The molecule has 2 aromatic carbocycles. The van der Waals surface area contributed by atoms with Gasteiger partial charge in [-0.05, 0) is 61.7 Å². The fourth-order valence-corrected chi connectivity index (χ4v) is 4.95. The second kappa shape index (κ2) is 7.88. The number of anilines is 1. The van der Waals surface area contributed by atoms with E-state index in [4.69, 9.17) is 16.3 Å². The van der Waals surface area contributed by atoms with Crippen LogP contribution >= 0.6 is 11.6 Å². The quantitative estimate of drug-likeness (QED) is 0.822. The summed E-state index contributed by atoms with van der Waals surface area (Å²) in [5.74, 6) is 0.160. The number of carbonyl (C=O) groups excluding carboxylic acids is 1. The molecule has 144 valence electrons. The van der Waals surface area contributed by atoms with Gasteiger partial charge in [-0.15, -0.1) is 0 Å². The number of nitrogens with one attached hydrogen (secondary N) is 1. The number of nitrogens with zero attached hydrogens (tertiary/aromatic N) is 1. The molecule has 0 radical (unpaired) electrons. The molecule has 1 saturated heterocycles. The Balaban J connectivity index is 1.85. The summed E-state index contributed by atoms with van der Waals surface area (Å²) in [4.78, 5) is 13.0. The van der Waals surface area contributed by atoms with E-state index in [0.29, 0.717) is 35.8 Å². The maximum atomic E-state index is 13.0. The largest absolute Gasteiger partial charge is 0.495 e. The molecule has 1 aliphatic heterocycles. The van der Waals surface area contributed by atoms with Crippen molar-refractivity contribution in [2.75, 3.05) is 19.0 Å². The van der Waals surface area contributed by atoms with Crippen LogP contribution in [0.25, 0.3) is 0 Å². The van der Waals surface area contributed by atoms with Gasteiger partial charge in [-0.25, -0.2) is 8.42 Å². The number of hydrogen-bond donors (Lipinski definition) is 1. The lowest BCUT2D eigenvalue weighted by Crippen LogP contribution is -2.43. The van der Waals surface area contributed by atoms with Crippen LogP contribution in [0.3, 0.4) is 0 Å². The van der Waals surface area contributed by atoms with Gasteiger partial charge in [-0.3, -0.25) is 4.79 Å². The predicted molar refractivity (Wildman–Crippen MR) is 105 cm³/mol. The summed E-state index contributed by atoms with van der Waals surface area (Å²) in [5.41, 5.74) is 1.49. The highest BCUT2D eigenvalue weighted by Crippen LogP contribution is 2.30. The molecule has 8 heteroatoms. The normalized spacial score (nSPS) is 17.7. The van der Waals surface area contributed by atoms with E-state index >= 15 is 0 Å². The van der Waals surface area contributed by atoms with Gasteiger partial charge >= 0.3 is 0 Å². The molecule has 3 rings (SSSR count). The molecule has 6 nitrogen and oxygen atoms in total. The van der Waals surface area contributed by atoms with Crippen molar-refractivity contribution in [3.8, 4) is 5.75 Å². The van der Waals surface area contributed by atoms with E-state index in [1.165, 1.54) is 35.7 Å². The van der Waals surface area contributed by atoms with E-state index in [2.05, 4.69) is 5.32 Å². The first-order valence-corrected chi connectivity index (χ1v) is 10.4. The zero-order valence-electron chi connectivity index (χ0n) is 15.1. The Morgan fingerprint density at radius 3 is 2.59 bits per heavy atom. The fourth-order valence-electron chi connectivity index (χ4n) is 3.17. The molecule has 1 heterocycles. The number of methoxy groups -OCH3 is 1. The molecule has 0 saturated carbocycles. The van der Waals surface area contributed by atoms with Crippen LogP contribution in [0.5, 0.6) is 5.75 Å². The number of aryl methyl sites for hydroxylation is 1. The van der Waals surface area contributed by atoms with Gasteiger partial charge in [0.1, 0.15) is 11.8 Å². The Morgan fingerprint density at radius 1 is 1.22 bits per heavy atom. The van der Waals surface area contributed by atoms with Crippen LogP contribution < -0.4 is 10.1 Å². The number of halogens is 1. The minimum Gasteiger partial charge on any atom is -0.495 e. The first-order valence-electron chi connectivity index (χ1n) is 8.56. The fraction of sp³-hybridized carbons (Fsp3) is 0.316. The van der Waals surface area contributed by atoms with Gasteiger partial charge in [-0.2, -0.15) is 4.31 Å². The second-order valence-corrected chi connectivity index (χ2v) is 8.75. The van der Waals surface area contributed by atoms with Crippen molar-refractivity contribution in [2.24, 2.45) is 0 Å². The van der Waals surface area contributed by atoms with Crippen LogP contribution in [0.2, 0.25) is 5.02 Å². The van der Waals surface area contributed by atoms with Crippen molar-refractivity contribution < 1.29 is 17.9 Å². The molecule has 0 aliphatic carbocycles. The standard InChI is InChI=1S/C19H21ClN2O4S/c1-13-5-10-18(26-2)16(12-13)21-19(23)17-4-3-11-22(17)27(24,25)15-8-6-14(20)7-9-15/h5-10,12,17H,3-4,11H2,1-2H3,(H,21,23)/t17-/m1/s1. The molecule has 1 amide bonds. The lowest BCUT2D eigenvalue weighted by molar-refractivity contribution is -0.119. The first-order chi connectivity index (χ1) is 12.8. The van der Waals surface area contributed by atoms with Gasteiger partial charge in [0, 0.05) is 11.6 Å². The Bertz CT molecular complexity index is 945. The van der Waals surface area contributed by atoms with Crippen LogP contribution in [0.15, 0.2) is 47.4 Å². The topological polar surface area (TPSA) is 75.7 Å². The molecule has 1 atom stereocenters. The van der Waals surface area contributed by atoms with Crippen molar-refractivity contribution in [2.45, 2.75) is 30.7 Å². The smallest absolute Gasteiger partial charge is 0.243 e. The Morgan fingerprint density at radius 2 is 1.93 bits per heavy atom. The van der Waals surface area contributed by atoms with Crippen molar-refractivity contribution in [3.63, 3.8) is 0 Å². The predicted octanol–water partition coefficient (Wildman–Crippen LogP) is 3.45. The van der Waals surface area contributed by atoms with E-state index in [1.54, 1.807) is 12.1 Å². The van der Waals surface area contributed by atoms with E-state index in [9.17, 15) is 13.2 Å². The third kappa shape index (κ3) is 4.10. The van der Waals surface area contributed by atoms with Gasteiger partial charge in [0.05, 0.1) is 17.7 Å². The summed E-state index contributed by atoms with van der Waals surface area (Å²) >= 11 is 5.85. The lowest BCUT2D eigenvalue weighted by atomic mass is 10.1. The number of sulfonamides is 1. The monoisotopic (exact) mass is 408 g/mol. The summed E-state index contributed by atoms with van der Waals surface area (Å²) in [6.45, 7) is 2.20. The highest BCUT2D eigenvalue weighted by molar-refractivity contribution is 7.89. The number of ether oxygens (including phenoxy) is 1. The number of hydrogen-bond acceptors (Lipinski definition) is 4. The van der Waals surface area contributed by atoms with Gasteiger partial charge in [0.2, 0.25) is 15.9 Å². The average molecular weight is 409 g/mol. The van der Waals surface area contributed by atoms with E-state index in [1.807, 2.05) is 13.0 Å². The number of rotatable bonds is 5. The number of amides is 1. The second-order valence-electron chi connectivity index (χ2n) is 6.42. The number of carbonyl (C=O) groups is 1. The van der Waals surface area contributed by atoms with Gasteiger partial charge in [0.25, 0.3) is 0 Å². The van der Waals surface area contributed by atoms with E-state index < -0.39 is 16.1 Å². The lowest BCUT2D eigenvalue weighted by Gasteiger charge is -2.24. The molecule has 1 fully saturated rings. The molecule has 0 bridgehead atoms. The molecule has 1 N–H and O–H groups in total. The maximum absolute atomic E-state index is 13.0. The van der Waals surface area contributed by atoms with E-state index in [0.717, 1.165) is 5.56 Å². The SMILES string of the molecule is COc1ccc(C)cc1NC(=O)[C@H]1CCCN1S(=O)(=O)c1ccc(Cl)cc1. The molecule has 0 spiro atoms. The minimum absolute atomic E-state index is 0.125. The first kappa shape index (κ1) is 19.7. The summed E-state index contributed by atoms with van der Waals surface area (Å²) < 4.78 is 32.5. The zero-order valence-corrected chi connectivity index (χ0v) is 16.7. The van der Waals surface area contributed by atoms with Crippen LogP contribution in [0, 0.1) is 6.92 Å². The highest BCUT2D eigenvalue weighted by Gasteiger charge is 2.39. The summed E-state index contributed by atoms with van der Waals surface area (Å²) in [6.07, 6.45) is 1.09. The Hall–Kier alpha value is -2.09. The average Bonchev–Trinajstić information content (AvgIpc) is 3.13. The molecule has 1 aliphatic rings. The zero-order chi connectivity index (χ0) is 19.6. The molecule has 0 aromatic heterocycles. The van der Waals surface area contributed by atoms with Crippen molar-refractivity contribution >= 4 is 33.2 Å². The van der Waals surface area contributed by atoms with Crippen molar-refractivity contribution in [1.82, 2.24) is 4.31 Å². The molecule has 2 aromatic rings. The molecule has 27 heavy (non-hydrogen) atoms. The minimum atomic E-state index is -3.78. The Labute approximate surface area is 164 Å². The maximum Gasteiger partial charge on any atom is 0.243 e. The van der Waals surface area contributed by atoms with Crippen molar-refractivity contribution in [1.29, 1.82) is 0 Å². The number of benzene rings is 2. The molecular weight excluding hydrogens is 388 g/mol. The van der Waals surface area contributed by atoms with Crippen LogP contribution in [-0.2, 0) is 14.8 Å². The Kier molecular flexibility index (Phi) is 5.74.